The fourth-order valence-corrected chi connectivity index (χ4v) is 2.69. The summed E-state index contributed by atoms with van der Waals surface area (Å²) in [6.45, 7) is -2.95. The second-order valence-electron chi connectivity index (χ2n) is 4.60. The van der Waals surface area contributed by atoms with Crippen LogP contribution in [0.3, 0.4) is 0 Å². The van der Waals surface area contributed by atoms with Crippen LogP contribution in [0.4, 0.5) is 8.78 Å². The zero-order valence-electron chi connectivity index (χ0n) is 12.4. The van der Waals surface area contributed by atoms with Crippen molar-refractivity contribution in [3.8, 4) is 11.5 Å². The molecular formula is C16H11F2NO4S. The van der Waals surface area contributed by atoms with Crippen LogP contribution in [0, 0.1) is 0 Å². The third kappa shape index (κ3) is 3.43. The van der Waals surface area contributed by atoms with Gasteiger partial charge in [-0.3, -0.25) is 0 Å². The molecule has 0 saturated heterocycles. The number of hydrogen-bond acceptors (Lipinski definition) is 6. The van der Waals surface area contributed by atoms with Crippen LogP contribution >= 0.6 is 11.3 Å². The van der Waals surface area contributed by atoms with Gasteiger partial charge in [-0.05, 0) is 35.2 Å². The van der Waals surface area contributed by atoms with Gasteiger partial charge in [0.05, 0.1) is 12.0 Å². The Bertz CT molecular complexity index is 815. The van der Waals surface area contributed by atoms with Crippen LogP contribution in [0.15, 0.2) is 46.4 Å². The highest BCUT2D eigenvalue weighted by Gasteiger charge is 2.24. The Hall–Kier alpha value is -2.74. The topological polar surface area (TPSA) is 57.1 Å². The van der Waals surface area contributed by atoms with Crippen molar-refractivity contribution in [2.45, 2.75) is 6.61 Å². The molecule has 3 rings (SSSR count). The molecule has 2 heterocycles. The van der Waals surface area contributed by atoms with Crippen molar-refractivity contribution in [3.63, 3.8) is 0 Å². The van der Waals surface area contributed by atoms with Crippen LogP contribution < -0.4 is 9.47 Å². The number of carbonyl (C=O) groups is 1. The number of rotatable bonds is 5. The number of ether oxygens (including phenoxy) is 3. The van der Waals surface area contributed by atoms with E-state index in [1.165, 1.54) is 42.7 Å². The van der Waals surface area contributed by atoms with E-state index >= 15 is 0 Å². The van der Waals surface area contributed by atoms with Gasteiger partial charge in [-0.25, -0.2) is 9.79 Å². The molecule has 0 spiro atoms. The van der Waals surface area contributed by atoms with E-state index in [-0.39, 0.29) is 23.1 Å². The first-order valence-corrected chi connectivity index (χ1v) is 7.64. The zero-order valence-corrected chi connectivity index (χ0v) is 13.2. The Labute approximate surface area is 139 Å². The molecule has 1 aromatic heterocycles. The summed E-state index contributed by atoms with van der Waals surface area (Å²) in [5.41, 5.74) is 0.652. The van der Waals surface area contributed by atoms with Crippen LogP contribution in [0.1, 0.15) is 10.4 Å². The van der Waals surface area contributed by atoms with E-state index in [9.17, 15) is 13.6 Å². The molecule has 1 aliphatic heterocycles. The van der Waals surface area contributed by atoms with Crippen molar-refractivity contribution < 1.29 is 27.8 Å². The lowest BCUT2D eigenvalue weighted by molar-refractivity contribution is -0.129. The lowest BCUT2D eigenvalue weighted by atomic mass is 10.1. The average Bonchev–Trinajstić information content (AvgIpc) is 3.19. The Kier molecular flexibility index (Phi) is 4.57. The van der Waals surface area contributed by atoms with Gasteiger partial charge in [0.1, 0.15) is 0 Å². The molecule has 2 aromatic rings. The average molecular weight is 351 g/mol. The van der Waals surface area contributed by atoms with Crippen molar-refractivity contribution in [2.75, 3.05) is 7.11 Å². The molecule has 8 heteroatoms. The van der Waals surface area contributed by atoms with E-state index in [0.717, 1.165) is 4.88 Å². The number of aliphatic imine (C=N–C) groups is 1. The van der Waals surface area contributed by atoms with E-state index < -0.39 is 12.6 Å². The van der Waals surface area contributed by atoms with Gasteiger partial charge in [0, 0.05) is 0 Å². The van der Waals surface area contributed by atoms with Gasteiger partial charge < -0.3 is 14.2 Å². The summed E-state index contributed by atoms with van der Waals surface area (Å²) in [5.74, 6) is -0.305. The molecule has 0 N–H and O–H groups in total. The number of carbonyl (C=O) groups excluding carboxylic acids is 1. The van der Waals surface area contributed by atoms with Gasteiger partial charge in [0.25, 0.3) is 0 Å². The molecule has 124 valence electrons. The number of thiophene rings is 1. The molecule has 0 atom stereocenters. The van der Waals surface area contributed by atoms with Crippen molar-refractivity contribution in [3.05, 3.63) is 51.8 Å². The van der Waals surface area contributed by atoms with Crippen LogP contribution in [-0.4, -0.2) is 25.6 Å². The van der Waals surface area contributed by atoms with Gasteiger partial charge in [-0.1, -0.05) is 12.1 Å². The zero-order chi connectivity index (χ0) is 17.1. The summed E-state index contributed by atoms with van der Waals surface area (Å²) >= 11 is 1.40. The number of hydrogen-bond donors (Lipinski definition) is 0. The molecule has 0 bridgehead atoms. The van der Waals surface area contributed by atoms with Crippen LogP contribution in [-0.2, 0) is 9.53 Å². The fraction of sp³-hybridized carbons (Fsp3) is 0.125. The number of halogens is 2. The molecular weight excluding hydrogens is 340 g/mol. The lowest BCUT2D eigenvalue weighted by Gasteiger charge is -2.10. The van der Waals surface area contributed by atoms with Crippen LogP contribution in [0.25, 0.3) is 6.08 Å². The monoisotopic (exact) mass is 351 g/mol. The van der Waals surface area contributed by atoms with E-state index in [1.54, 1.807) is 6.07 Å². The maximum Gasteiger partial charge on any atom is 0.387 e. The third-order valence-electron chi connectivity index (χ3n) is 3.06. The molecule has 0 saturated carbocycles. The summed E-state index contributed by atoms with van der Waals surface area (Å²) in [7, 11) is 1.33. The first-order valence-electron chi connectivity index (χ1n) is 6.76. The SMILES string of the molecule is COc1cc(/C=C2/N=C(c3cccs3)OC2=O)ccc1OC(F)F. The molecule has 0 aliphatic carbocycles. The first-order chi connectivity index (χ1) is 11.6. The number of esters is 1. The maximum absolute atomic E-state index is 12.3. The second kappa shape index (κ2) is 6.79. The van der Waals surface area contributed by atoms with Gasteiger partial charge in [-0.15, -0.1) is 11.3 Å². The van der Waals surface area contributed by atoms with Crippen LogP contribution in [0.2, 0.25) is 0 Å². The highest BCUT2D eigenvalue weighted by molar-refractivity contribution is 7.12. The van der Waals surface area contributed by atoms with Crippen molar-refractivity contribution in [2.24, 2.45) is 4.99 Å². The minimum absolute atomic E-state index is 0.0913. The molecule has 0 fully saturated rings. The summed E-state index contributed by atoms with van der Waals surface area (Å²) in [6, 6.07) is 7.93. The Morgan fingerprint density at radius 3 is 2.79 bits per heavy atom. The highest BCUT2D eigenvalue weighted by atomic mass is 32.1. The van der Waals surface area contributed by atoms with Gasteiger partial charge in [0.15, 0.2) is 17.2 Å². The maximum atomic E-state index is 12.3. The van der Waals surface area contributed by atoms with Crippen LogP contribution in [0.5, 0.6) is 11.5 Å². The standard InChI is InChI=1S/C16H11F2NO4S/c1-21-12-8-9(4-5-11(12)22-16(17)18)7-10-15(20)23-14(19-10)13-3-2-6-24-13/h2-8,16H,1H3/b10-7+. The third-order valence-corrected chi connectivity index (χ3v) is 3.92. The smallest absolute Gasteiger partial charge is 0.387 e. The highest BCUT2D eigenvalue weighted by Crippen LogP contribution is 2.31. The van der Waals surface area contributed by atoms with E-state index in [1.807, 2.05) is 11.4 Å². The summed E-state index contributed by atoms with van der Waals surface area (Å²) in [6.07, 6.45) is 1.48. The molecule has 1 aromatic carbocycles. The Morgan fingerprint density at radius 1 is 1.29 bits per heavy atom. The quantitative estimate of drug-likeness (QED) is 0.609. The van der Waals surface area contributed by atoms with Gasteiger partial charge in [0.2, 0.25) is 5.90 Å². The van der Waals surface area contributed by atoms with Gasteiger partial charge >= 0.3 is 12.6 Å². The molecule has 24 heavy (non-hydrogen) atoms. The predicted molar refractivity (Wildman–Crippen MR) is 84.6 cm³/mol. The summed E-state index contributed by atoms with van der Waals surface area (Å²) in [4.78, 5) is 16.8. The van der Waals surface area contributed by atoms with Crippen molar-refractivity contribution in [1.29, 1.82) is 0 Å². The summed E-state index contributed by atoms with van der Waals surface area (Å²) < 4.78 is 39.1. The molecule has 1 aliphatic rings. The minimum atomic E-state index is -2.95. The van der Waals surface area contributed by atoms with E-state index in [4.69, 9.17) is 9.47 Å². The van der Waals surface area contributed by atoms with E-state index in [0.29, 0.717) is 5.56 Å². The molecule has 0 radical (unpaired) electrons. The number of methoxy groups -OCH3 is 1. The van der Waals surface area contributed by atoms with Crippen molar-refractivity contribution in [1.82, 2.24) is 0 Å². The first kappa shape index (κ1) is 16.1. The largest absolute Gasteiger partial charge is 0.493 e. The number of alkyl halides is 2. The molecule has 0 unspecified atom stereocenters. The Balaban J connectivity index is 1.89. The second-order valence-corrected chi connectivity index (χ2v) is 5.55. The van der Waals surface area contributed by atoms with E-state index in [2.05, 4.69) is 9.73 Å². The number of nitrogens with zero attached hydrogens (tertiary/aromatic N) is 1. The van der Waals surface area contributed by atoms with Gasteiger partial charge in [-0.2, -0.15) is 8.78 Å². The molecule has 5 nitrogen and oxygen atoms in total. The predicted octanol–water partition coefficient (Wildman–Crippen LogP) is 3.70. The minimum Gasteiger partial charge on any atom is -0.493 e. The van der Waals surface area contributed by atoms with Crippen molar-refractivity contribution >= 4 is 29.3 Å². The normalized spacial score (nSPS) is 15.6. The number of benzene rings is 1. The fourth-order valence-electron chi connectivity index (χ4n) is 2.04. The lowest BCUT2D eigenvalue weighted by Crippen LogP contribution is -2.04. The Morgan fingerprint density at radius 2 is 2.12 bits per heavy atom. The molecule has 0 amide bonds. The number of cyclic esters (lactones) is 1. The summed E-state index contributed by atoms with van der Waals surface area (Å²) in [5, 5.41) is 1.85.